The summed E-state index contributed by atoms with van der Waals surface area (Å²) in [6, 6.07) is 2.15. The second-order valence-electron chi connectivity index (χ2n) is 3.69. The van der Waals surface area contributed by atoms with Gasteiger partial charge in [0.25, 0.3) is 0 Å². The standard InChI is InChI=1S/C10H20N4S/c1-4-8(2)15-7-10(12-11)9-5-6-14(3)13-9/h5-6,8,10,12H,4,7,11H2,1-3H3. The molecule has 0 radical (unpaired) electrons. The minimum atomic E-state index is 0.144. The fraction of sp³-hybridized carbons (Fsp3) is 0.700. The highest BCUT2D eigenvalue weighted by atomic mass is 32.2. The molecule has 5 heteroatoms. The lowest BCUT2D eigenvalue weighted by Gasteiger charge is -2.15. The number of aryl methyl sites for hydroxylation is 1. The molecule has 1 rings (SSSR count). The Morgan fingerprint density at radius 1 is 1.67 bits per heavy atom. The number of hydrazine groups is 1. The zero-order valence-corrected chi connectivity index (χ0v) is 10.4. The molecule has 2 unspecified atom stereocenters. The number of nitrogens with two attached hydrogens (primary N) is 1. The molecule has 0 saturated heterocycles. The van der Waals surface area contributed by atoms with Gasteiger partial charge in [-0.25, -0.2) is 0 Å². The van der Waals surface area contributed by atoms with Crippen molar-refractivity contribution in [2.75, 3.05) is 5.75 Å². The van der Waals surface area contributed by atoms with Gasteiger partial charge in [-0.15, -0.1) is 0 Å². The minimum Gasteiger partial charge on any atom is -0.275 e. The summed E-state index contributed by atoms with van der Waals surface area (Å²) in [5.74, 6) is 6.49. The van der Waals surface area contributed by atoms with E-state index in [9.17, 15) is 0 Å². The predicted molar refractivity (Wildman–Crippen MR) is 65.5 cm³/mol. The van der Waals surface area contributed by atoms with Crippen molar-refractivity contribution >= 4 is 11.8 Å². The smallest absolute Gasteiger partial charge is 0.0815 e. The van der Waals surface area contributed by atoms with Crippen molar-refractivity contribution in [1.82, 2.24) is 15.2 Å². The van der Waals surface area contributed by atoms with E-state index in [4.69, 9.17) is 5.84 Å². The van der Waals surface area contributed by atoms with Crippen molar-refractivity contribution in [2.24, 2.45) is 12.9 Å². The molecule has 2 atom stereocenters. The third-order valence-electron chi connectivity index (χ3n) is 2.41. The Bertz CT molecular complexity index is 287. The second-order valence-corrected chi connectivity index (χ2v) is 5.16. The highest BCUT2D eigenvalue weighted by Gasteiger charge is 2.13. The molecule has 0 spiro atoms. The molecule has 4 nitrogen and oxygen atoms in total. The summed E-state index contributed by atoms with van der Waals surface area (Å²) in [5.41, 5.74) is 3.82. The Morgan fingerprint density at radius 2 is 2.40 bits per heavy atom. The molecule has 1 aromatic heterocycles. The Morgan fingerprint density at radius 3 is 2.87 bits per heavy atom. The van der Waals surface area contributed by atoms with Gasteiger partial charge in [-0.05, 0) is 12.5 Å². The molecular formula is C10H20N4S. The van der Waals surface area contributed by atoms with Crippen LogP contribution in [0.15, 0.2) is 12.3 Å². The van der Waals surface area contributed by atoms with Crippen LogP contribution in [0.4, 0.5) is 0 Å². The van der Waals surface area contributed by atoms with Crippen molar-refractivity contribution in [3.63, 3.8) is 0 Å². The summed E-state index contributed by atoms with van der Waals surface area (Å²) in [6.45, 7) is 4.43. The SMILES string of the molecule is CCC(C)SCC(NN)c1ccn(C)n1. The molecule has 0 fully saturated rings. The Hall–Kier alpha value is -0.520. The van der Waals surface area contributed by atoms with E-state index in [1.165, 1.54) is 6.42 Å². The zero-order chi connectivity index (χ0) is 11.3. The highest BCUT2D eigenvalue weighted by molar-refractivity contribution is 7.99. The first-order valence-corrected chi connectivity index (χ1v) is 6.29. The summed E-state index contributed by atoms with van der Waals surface area (Å²) in [7, 11) is 1.92. The predicted octanol–water partition coefficient (Wildman–Crippen LogP) is 1.46. The van der Waals surface area contributed by atoms with Crippen molar-refractivity contribution in [1.29, 1.82) is 0 Å². The lowest BCUT2D eigenvalue weighted by molar-refractivity contribution is 0.580. The summed E-state index contributed by atoms with van der Waals surface area (Å²) in [4.78, 5) is 0. The monoisotopic (exact) mass is 228 g/mol. The number of rotatable bonds is 6. The van der Waals surface area contributed by atoms with Gasteiger partial charge in [0.15, 0.2) is 0 Å². The first-order valence-electron chi connectivity index (χ1n) is 5.24. The van der Waals surface area contributed by atoms with Crippen LogP contribution in [0.5, 0.6) is 0 Å². The number of aromatic nitrogens is 2. The molecule has 1 heterocycles. The molecule has 0 aliphatic rings. The van der Waals surface area contributed by atoms with E-state index >= 15 is 0 Å². The van der Waals surface area contributed by atoms with Crippen LogP contribution in [-0.4, -0.2) is 20.8 Å². The molecule has 3 N–H and O–H groups in total. The fourth-order valence-corrected chi connectivity index (χ4v) is 2.24. The maximum Gasteiger partial charge on any atom is 0.0815 e. The first kappa shape index (κ1) is 12.5. The maximum absolute atomic E-state index is 5.53. The Balaban J connectivity index is 2.49. The van der Waals surface area contributed by atoms with E-state index in [2.05, 4.69) is 24.4 Å². The molecule has 0 aromatic carbocycles. The summed E-state index contributed by atoms with van der Waals surface area (Å²) in [5, 5.41) is 5.02. The quantitative estimate of drug-likeness (QED) is 0.571. The molecule has 86 valence electrons. The van der Waals surface area contributed by atoms with Crippen LogP contribution in [0, 0.1) is 0 Å². The molecular weight excluding hydrogens is 208 g/mol. The van der Waals surface area contributed by atoms with Gasteiger partial charge in [0.05, 0.1) is 11.7 Å². The highest BCUT2D eigenvalue weighted by Crippen LogP contribution is 2.20. The average Bonchev–Trinajstić information content (AvgIpc) is 2.65. The van der Waals surface area contributed by atoms with Crippen LogP contribution >= 0.6 is 11.8 Å². The van der Waals surface area contributed by atoms with Gasteiger partial charge in [-0.3, -0.25) is 16.0 Å². The number of thioether (sulfide) groups is 1. The van der Waals surface area contributed by atoms with E-state index in [-0.39, 0.29) is 6.04 Å². The molecule has 0 aliphatic carbocycles. The minimum absolute atomic E-state index is 0.144. The lowest BCUT2D eigenvalue weighted by Crippen LogP contribution is -2.30. The number of nitrogens with one attached hydrogen (secondary N) is 1. The molecule has 15 heavy (non-hydrogen) atoms. The van der Waals surface area contributed by atoms with E-state index in [0.717, 1.165) is 11.4 Å². The van der Waals surface area contributed by atoms with Gasteiger partial charge in [-0.2, -0.15) is 16.9 Å². The van der Waals surface area contributed by atoms with Gasteiger partial charge in [0.1, 0.15) is 0 Å². The number of hydrogen-bond acceptors (Lipinski definition) is 4. The molecule has 0 bridgehead atoms. The van der Waals surface area contributed by atoms with E-state index in [0.29, 0.717) is 5.25 Å². The van der Waals surface area contributed by atoms with Crippen LogP contribution in [0.3, 0.4) is 0 Å². The van der Waals surface area contributed by atoms with Crippen molar-refractivity contribution < 1.29 is 0 Å². The first-order chi connectivity index (χ1) is 7.17. The van der Waals surface area contributed by atoms with Gasteiger partial charge < -0.3 is 0 Å². The van der Waals surface area contributed by atoms with Crippen LogP contribution in [0.25, 0.3) is 0 Å². The van der Waals surface area contributed by atoms with Gasteiger partial charge >= 0.3 is 0 Å². The van der Waals surface area contributed by atoms with Crippen molar-refractivity contribution in [3.8, 4) is 0 Å². The average molecular weight is 228 g/mol. The second kappa shape index (κ2) is 6.15. The Kier molecular flexibility index (Phi) is 5.14. The van der Waals surface area contributed by atoms with Crippen molar-refractivity contribution in [3.05, 3.63) is 18.0 Å². The maximum atomic E-state index is 5.53. The summed E-state index contributed by atoms with van der Waals surface area (Å²) in [6.07, 6.45) is 3.12. The molecule has 0 saturated carbocycles. The fourth-order valence-electron chi connectivity index (χ4n) is 1.22. The van der Waals surface area contributed by atoms with Crippen LogP contribution in [-0.2, 0) is 7.05 Å². The van der Waals surface area contributed by atoms with E-state index in [1.54, 1.807) is 4.68 Å². The van der Waals surface area contributed by atoms with Crippen LogP contribution in [0.1, 0.15) is 32.0 Å². The zero-order valence-electron chi connectivity index (χ0n) is 9.60. The van der Waals surface area contributed by atoms with Gasteiger partial charge in [0.2, 0.25) is 0 Å². The largest absolute Gasteiger partial charge is 0.275 e. The van der Waals surface area contributed by atoms with Gasteiger partial charge in [0, 0.05) is 24.2 Å². The van der Waals surface area contributed by atoms with Crippen LogP contribution < -0.4 is 11.3 Å². The van der Waals surface area contributed by atoms with E-state index < -0.39 is 0 Å². The summed E-state index contributed by atoms with van der Waals surface area (Å²) >= 11 is 1.92. The molecule has 0 aliphatic heterocycles. The van der Waals surface area contributed by atoms with E-state index in [1.807, 2.05) is 31.1 Å². The third-order valence-corrected chi connectivity index (χ3v) is 3.84. The van der Waals surface area contributed by atoms with Crippen molar-refractivity contribution in [2.45, 2.75) is 31.6 Å². The number of nitrogens with zero attached hydrogens (tertiary/aromatic N) is 2. The number of hydrogen-bond donors (Lipinski definition) is 2. The Labute approximate surface area is 95.6 Å². The third kappa shape index (κ3) is 3.85. The topological polar surface area (TPSA) is 55.9 Å². The van der Waals surface area contributed by atoms with Crippen LogP contribution in [0.2, 0.25) is 0 Å². The molecule has 1 aromatic rings. The normalized spacial score (nSPS) is 15.2. The summed E-state index contributed by atoms with van der Waals surface area (Å²) < 4.78 is 1.80. The lowest BCUT2D eigenvalue weighted by atomic mass is 10.2. The molecule has 0 amide bonds. The van der Waals surface area contributed by atoms with Gasteiger partial charge in [-0.1, -0.05) is 13.8 Å².